The van der Waals surface area contributed by atoms with E-state index in [9.17, 15) is 4.79 Å². The van der Waals surface area contributed by atoms with Gasteiger partial charge in [0, 0.05) is 59.5 Å². The molecule has 1 unspecified atom stereocenters. The number of aryl methyl sites for hydroxylation is 2. The zero-order valence-corrected chi connectivity index (χ0v) is 28.0. The molecule has 0 aromatic heterocycles. The minimum Gasteiger partial charge on any atom is -0.456 e. The molecule has 1 atom stereocenters. The third-order valence-electron chi connectivity index (χ3n) is 9.74. The van der Waals surface area contributed by atoms with Gasteiger partial charge in [-0.15, -0.1) is 0 Å². The lowest BCUT2D eigenvalue weighted by Crippen LogP contribution is -2.34. The summed E-state index contributed by atoms with van der Waals surface area (Å²) in [5, 5.41) is 0. The van der Waals surface area contributed by atoms with Crippen LogP contribution in [0.15, 0.2) is 140 Å². The van der Waals surface area contributed by atoms with E-state index in [1.807, 2.05) is 36.4 Å². The zero-order chi connectivity index (χ0) is 33.5. The molecular weight excluding hydrogens is 604 g/mol. The van der Waals surface area contributed by atoms with Crippen LogP contribution in [0, 0.1) is 13.8 Å². The number of esters is 1. The van der Waals surface area contributed by atoms with Gasteiger partial charge in [0.15, 0.2) is 5.60 Å². The summed E-state index contributed by atoms with van der Waals surface area (Å²) in [6.07, 6.45) is 0. The van der Waals surface area contributed by atoms with E-state index in [0.29, 0.717) is 24.4 Å². The monoisotopic (exact) mass is 642 g/mol. The number of ether oxygens (including phenoxy) is 2. The lowest BCUT2D eigenvalue weighted by atomic mass is 9.76. The fourth-order valence-corrected chi connectivity index (χ4v) is 7.35. The van der Waals surface area contributed by atoms with Crippen molar-refractivity contribution in [2.45, 2.75) is 39.5 Å². The van der Waals surface area contributed by atoms with Crippen LogP contribution in [-0.2, 0) is 23.4 Å². The summed E-state index contributed by atoms with van der Waals surface area (Å²) in [7, 11) is 0. The second-order valence-corrected chi connectivity index (χ2v) is 12.9. The molecule has 6 aromatic carbocycles. The third kappa shape index (κ3) is 5.32. The Hall–Kier alpha value is -5.81. The summed E-state index contributed by atoms with van der Waals surface area (Å²) in [4.78, 5) is 18.3. The van der Waals surface area contributed by atoms with Crippen molar-refractivity contribution in [3.05, 3.63) is 184 Å². The minimum atomic E-state index is -1.16. The number of hydrogen-bond donors (Lipinski definition) is 0. The molecule has 0 fully saturated rings. The molecule has 1 spiro atoms. The fourth-order valence-electron chi connectivity index (χ4n) is 7.35. The van der Waals surface area contributed by atoms with Crippen LogP contribution >= 0.6 is 0 Å². The van der Waals surface area contributed by atoms with Gasteiger partial charge >= 0.3 is 5.97 Å². The van der Waals surface area contributed by atoms with Gasteiger partial charge in [0.1, 0.15) is 11.5 Å². The number of benzene rings is 6. The van der Waals surface area contributed by atoms with Crippen LogP contribution in [0.5, 0.6) is 11.5 Å². The molecule has 49 heavy (non-hydrogen) atoms. The van der Waals surface area contributed by atoms with Crippen LogP contribution in [0.3, 0.4) is 0 Å². The second-order valence-electron chi connectivity index (χ2n) is 12.9. The molecule has 0 saturated heterocycles. The Kier molecular flexibility index (Phi) is 7.68. The smallest absolute Gasteiger partial charge is 0.340 e. The minimum absolute atomic E-state index is 0.332. The van der Waals surface area contributed by atoms with E-state index in [2.05, 4.69) is 134 Å². The van der Waals surface area contributed by atoms with Gasteiger partial charge < -0.3 is 19.3 Å². The Labute approximate surface area is 288 Å². The third-order valence-corrected chi connectivity index (χ3v) is 9.74. The molecule has 0 amide bonds. The van der Waals surface area contributed by atoms with E-state index >= 15 is 0 Å². The van der Waals surface area contributed by atoms with Crippen molar-refractivity contribution < 1.29 is 14.3 Å². The number of hydrogen-bond acceptors (Lipinski definition) is 5. The Morgan fingerprint density at radius 2 is 1.24 bits per heavy atom. The Morgan fingerprint density at radius 3 is 1.92 bits per heavy atom. The number of carbonyl (C=O) groups is 1. The van der Waals surface area contributed by atoms with Gasteiger partial charge in [-0.25, -0.2) is 4.79 Å². The molecule has 0 N–H and O–H groups in total. The quantitative estimate of drug-likeness (QED) is 0.155. The zero-order valence-electron chi connectivity index (χ0n) is 28.0. The predicted octanol–water partition coefficient (Wildman–Crippen LogP) is 10.2. The maximum atomic E-state index is 13.7. The summed E-state index contributed by atoms with van der Waals surface area (Å²) in [6, 6.07) is 48.0. The molecule has 6 aromatic rings. The van der Waals surface area contributed by atoms with Crippen LogP contribution < -0.4 is 14.5 Å². The average Bonchev–Trinajstić information content (AvgIpc) is 3.42. The topological polar surface area (TPSA) is 42.0 Å². The maximum absolute atomic E-state index is 13.7. The number of fused-ring (bicyclic) bond motifs is 6. The van der Waals surface area contributed by atoms with Gasteiger partial charge in [-0.3, -0.25) is 0 Å². The van der Waals surface area contributed by atoms with Crippen LogP contribution in [0.2, 0.25) is 0 Å². The van der Waals surface area contributed by atoms with Gasteiger partial charge in [0.25, 0.3) is 0 Å². The first kappa shape index (κ1) is 30.5. The highest BCUT2D eigenvalue weighted by molar-refractivity contribution is 5.97. The summed E-state index contributed by atoms with van der Waals surface area (Å²) < 4.78 is 13.5. The predicted molar refractivity (Wildman–Crippen MR) is 196 cm³/mol. The van der Waals surface area contributed by atoms with Crippen LogP contribution in [-0.4, -0.2) is 12.5 Å². The maximum Gasteiger partial charge on any atom is 0.340 e. The Bertz CT molecular complexity index is 2120. The van der Waals surface area contributed by atoms with E-state index in [1.165, 1.54) is 16.7 Å². The molecule has 2 aliphatic rings. The Balaban J connectivity index is 1.30. The lowest BCUT2D eigenvalue weighted by molar-refractivity contribution is 0.0224. The van der Waals surface area contributed by atoms with E-state index < -0.39 is 5.60 Å². The molecule has 5 nitrogen and oxygen atoms in total. The molecule has 0 saturated carbocycles. The Morgan fingerprint density at radius 1 is 0.612 bits per heavy atom. The first-order valence-corrected chi connectivity index (χ1v) is 16.9. The largest absolute Gasteiger partial charge is 0.456 e. The number of carbonyl (C=O) groups excluding carboxylic acids is 1. The molecule has 0 bridgehead atoms. The molecule has 5 heteroatoms. The summed E-state index contributed by atoms with van der Waals surface area (Å²) in [5.41, 5.74) is 9.65. The summed E-state index contributed by atoms with van der Waals surface area (Å²) in [5.74, 6) is 1.07. The molecule has 0 radical (unpaired) electrons. The van der Waals surface area contributed by atoms with Gasteiger partial charge in [-0.1, -0.05) is 96.6 Å². The second kappa shape index (κ2) is 12.3. The van der Waals surface area contributed by atoms with Crippen molar-refractivity contribution >= 4 is 23.0 Å². The SMILES string of the molecule is CCN(c1ccc(C)cc1)c1ccc2c(c1)Oc1c(C)cc(N(Cc3ccccc3)Cc3ccccc3)cc1C21OC(=O)c2ccccc21. The van der Waals surface area contributed by atoms with Crippen molar-refractivity contribution in [1.29, 1.82) is 0 Å². The van der Waals surface area contributed by atoms with E-state index in [0.717, 1.165) is 51.6 Å². The van der Waals surface area contributed by atoms with Gasteiger partial charge in [-0.2, -0.15) is 0 Å². The highest BCUT2D eigenvalue weighted by Crippen LogP contribution is 2.58. The van der Waals surface area contributed by atoms with Crippen LogP contribution in [0.1, 0.15) is 56.2 Å². The van der Waals surface area contributed by atoms with Crippen molar-refractivity contribution in [2.24, 2.45) is 0 Å². The van der Waals surface area contributed by atoms with Crippen molar-refractivity contribution in [3.63, 3.8) is 0 Å². The molecule has 2 aliphatic heterocycles. The van der Waals surface area contributed by atoms with Gasteiger partial charge in [-0.05, 0) is 79.9 Å². The van der Waals surface area contributed by atoms with E-state index in [-0.39, 0.29) is 5.97 Å². The molecular formula is C44H38N2O3. The number of rotatable bonds is 8. The standard InChI is InChI=1S/C44H38N2O3/c1-4-46(34-21-19-30(2)20-22-34)35-23-24-39-41(27-35)48-42-31(3)25-36(26-40(42)44(39)38-18-12-11-17-37(38)43(47)49-44)45(28-32-13-7-5-8-14-32)29-33-15-9-6-10-16-33/h5-27H,4,28-29H2,1-3H3. The number of anilines is 3. The van der Waals surface area contributed by atoms with Crippen LogP contribution in [0.25, 0.3) is 0 Å². The van der Waals surface area contributed by atoms with E-state index in [4.69, 9.17) is 9.47 Å². The summed E-state index contributed by atoms with van der Waals surface area (Å²) >= 11 is 0. The normalized spacial score (nSPS) is 15.5. The number of nitrogens with zero attached hydrogens (tertiary/aromatic N) is 2. The van der Waals surface area contributed by atoms with Crippen molar-refractivity contribution in [1.82, 2.24) is 0 Å². The molecule has 242 valence electrons. The van der Waals surface area contributed by atoms with Crippen LogP contribution in [0.4, 0.5) is 17.1 Å². The van der Waals surface area contributed by atoms with E-state index in [1.54, 1.807) is 0 Å². The van der Waals surface area contributed by atoms with Gasteiger partial charge in [0.05, 0.1) is 5.56 Å². The first-order valence-electron chi connectivity index (χ1n) is 16.9. The summed E-state index contributed by atoms with van der Waals surface area (Å²) in [6.45, 7) is 8.53. The highest BCUT2D eigenvalue weighted by atomic mass is 16.6. The van der Waals surface area contributed by atoms with Crippen molar-refractivity contribution in [3.8, 4) is 11.5 Å². The molecule has 8 rings (SSSR count). The lowest BCUT2D eigenvalue weighted by Gasteiger charge is -2.39. The molecule has 2 heterocycles. The fraction of sp³-hybridized carbons (Fsp3) is 0.159. The van der Waals surface area contributed by atoms with Gasteiger partial charge in [0.2, 0.25) is 0 Å². The first-order chi connectivity index (χ1) is 23.9. The highest BCUT2D eigenvalue weighted by Gasteiger charge is 2.54. The average molecular weight is 643 g/mol. The molecule has 0 aliphatic carbocycles. The van der Waals surface area contributed by atoms with Crippen molar-refractivity contribution in [2.75, 3.05) is 16.3 Å².